The molecule has 0 bridgehead atoms. The van der Waals surface area contributed by atoms with Gasteiger partial charge in [-0.25, -0.2) is 8.42 Å². The number of hydrogen-bond donors (Lipinski definition) is 1. The van der Waals surface area contributed by atoms with Gasteiger partial charge in [0.2, 0.25) is 5.91 Å². The second kappa shape index (κ2) is 4.98. The molecule has 1 unspecified atom stereocenters. The lowest BCUT2D eigenvalue weighted by atomic mass is 10.2. The Morgan fingerprint density at radius 1 is 1.69 bits per heavy atom. The van der Waals surface area contributed by atoms with Gasteiger partial charge >= 0.3 is 0 Å². The summed E-state index contributed by atoms with van der Waals surface area (Å²) in [5.41, 5.74) is 0. The molecule has 0 heterocycles. The van der Waals surface area contributed by atoms with Gasteiger partial charge in [-0.2, -0.15) is 0 Å². The number of carbonyl (C=O) groups is 1. The lowest BCUT2D eigenvalue weighted by Gasteiger charge is -2.17. The minimum atomic E-state index is -4.29. The van der Waals surface area contributed by atoms with Crippen LogP contribution in [0.4, 0.5) is 0 Å². The fourth-order valence-electron chi connectivity index (χ4n) is 0.768. The topological polar surface area (TPSA) is 86.3 Å². The van der Waals surface area contributed by atoms with E-state index in [1.807, 2.05) is 0 Å². The molecule has 0 aliphatic rings. The average Bonchev–Trinajstić information content (AvgIpc) is 2.00. The third-order valence-electron chi connectivity index (χ3n) is 1.43. The number of nitrogens with one attached hydrogen (secondary N) is 1. The van der Waals surface area contributed by atoms with Gasteiger partial charge in [-0.05, 0) is 12.5 Å². The third-order valence-corrected chi connectivity index (χ3v) is 2.24. The molecule has 1 N–H and O–H groups in total. The zero-order valence-corrected chi connectivity index (χ0v) is 8.13. The number of hydrogen-bond acceptors (Lipinski definition) is 4. The van der Waals surface area contributed by atoms with Crippen LogP contribution in [0.1, 0.15) is 13.3 Å². The van der Waals surface area contributed by atoms with Crippen LogP contribution in [-0.2, 0) is 14.9 Å². The summed E-state index contributed by atoms with van der Waals surface area (Å²) in [6.45, 7) is 4.88. The van der Waals surface area contributed by atoms with Gasteiger partial charge in [0.25, 0.3) is 0 Å². The van der Waals surface area contributed by atoms with Crippen LogP contribution >= 0.6 is 0 Å². The first-order valence-electron chi connectivity index (χ1n) is 3.75. The SMILES string of the molecule is C=CC(=O)NC(CC)CS(=O)(=O)[O-]. The quantitative estimate of drug-likeness (QED) is 0.490. The van der Waals surface area contributed by atoms with Crippen LogP contribution in [-0.4, -0.2) is 30.7 Å². The zero-order chi connectivity index (χ0) is 10.5. The second-order valence-corrected chi connectivity index (χ2v) is 3.99. The minimum absolute atomic E-state index is 0.390. The summed E-state index contributed by atoms with van der Waals surface area (Å²) in [6, 6.07) is -0.631. The molecular formula is C7H12NO4S-. The van der Waals surface area contributed by atoms with Gasteiger partial charge in [0.05, 0.1) is 15.9 Å². The predicted octanol–water partition coefficient (Wildman–Crippen LogP) is -0.388. The molecule has 0 spiro atoms. The first-order chi connectivity index (χ1) is 5.89. The van der Waals surface area contributed by atoms with Crippen LogP contribution in [0.15, 0.2) is 12.7 Å². The van der Waals surface area contributed by atoms with Crippen molar-refractivity contribution in [2.45, 2.75) is 19.4 Å². The molecule has 0 fully saturated rings. The van der Waals surface area contributed by atoms with Crippen molar-refractivity contribution in [3.8, 4) is 0 Å². The van der Waals surface area contributed by atoms with E-state index in [1.165, 1.54) is 0 Å². The van der Waals surface area contributed by atoms with Gasteiger partial charge in [-0.15, -0.1) is 0 Å². The van der Waals surface area contributed by atoms with Crippen LogP contribution in [0.25, 0.3) is 0 Å². The molecule has 0 aromatic rings. The molecule has 13 heavy (non-hydrogen) atoms. The summed E-state index contributed by atoms with van der Waals surface area (Å²) < 4.78 is 31.0. The van der Waals surface area contributed by atoms with E-state index in [2.05, 4.69) is 11.9 Å². The Labute approximate surface area is 77.6 Å². The molecule has 6 heteroatoms. The minimum Gasteiger partial charge on any atom is -0.748 e. The average molecular weight is 206 g/mol. The molecule has 0 rings (SSSR count). The van der Waals surface area contributed by atoms with Crippen molar-refractivity contribution < 1.29 is 17.8 Å². The maximum Gasteiger partial charge on any atom is 0.243 e. The summed E-state index contributed by atoms with van der Waals surface area (Å²) in [6.07, 6.45) is 1.42. The van der Waals surface area contributed by atoms with Gasteiger partial charge in [0.15, 0.2) is 0 Å². The van der Waals surface area contributed by atoms with Crippen molar-refractivity contribution >= 4 is 16.0 Å². The van der Waals surface area contributed by atoms with Crippen LogP contribution in [0, 0.1) is 0 Å². The van der Waals surface area contributed by atoms with Gasteiger partial charge in [0.1, 0.15) is 0 Å². The highest BCUT2D eigenvalue weighted by Crippen LogP contribution is 1.95. The summed E-state index contributed by atoms with van der Waals surface area (Å²) in [7, 11) is -4.29. The van der Waals surface area contributed by atoms with E-state index >= 15 is 0 Å². The standard InChI is InChI=1S/C7H13NO4S/c1-3-6(5-13(10,11)12)8-7(9)4-2/h4,6H,2-3,5H2,1H3,(H,8,9)(H,10,11,12)/p-1. The Morgan fingerprint density at radius 2 is 2.23 bits per heavy atom. The monoisotopic (exact) mass is 206 g/mol. The number of carbonyl (C=O) groups excluding carboxylic acids is 1. The number of rotatable bonds is 5. The molecule has 76 valence electrons. The van der Waals surface area contributed by atoms with Crippen LogP contribution < -0.4 is 5.32 Å². The second-order valence-electron chi connectivity index (χ2n) is 2.54. The van der Waals surface area contributed by atoms with E-state index in [0.29, 0.717) is 6.42 Å². The van der Waals surface area contributed by atoms with Crippen molar-refractivity contribution in [3.63, 3.8) is 0 Å². The highest BCUT2D eigenvalue weighted by atomic mass is 32.2. The van der Waals surface area contributed by atoms with Gasteiger partial charge < -0.3 is 9.87 Å². The molecule has 0 aromatic carbocycles. The van der Waals surface area contributed by atoms with E-state index in [9.17, 15) is 17.8 Å². The first-order valence-corrected chi connectivity index (χ1v) is 5.33. The lowest BCUT2D eigenvalue weighted by Crippen LogP contribution is -2.38. The van der Waals surface area contributed by atoms with Gasteiger partial charge in [0, 0.05) is 6.04 Å². The summed E-state index contributed by atoms with van der Waals surface area (Å²) in [5, 5.41) is 2.34. The Balaban J connectivity index is 4.20. The first kappa shape index (κ1) is 12.1. The molecule has 0 saturated carbocycles. The molecule has 0 aromatic heterocycles. The Bertz CT molecular complexity index is 283. The molecular weight excluding hydrogens is 194 g/mol. The van der Waals surface area contributed by atoms with Crippen molar-refractivity contribution in [2.24, 2.45) is 0 Å². The molecule has 5 nitrogen and oxygen atoms in total. The highest BCUT2D eigenvalue weighted by Gasteiger charge is 2.11. The molecule has 1 atom stereocenters. The fourth-order valence-corrected chi connectivity index (χ4v) is 1.58. The van der Waals surface area contributed by atoms with Crippen molar-refractivity contribution in [1.82, 2.24) is 5.32 Å². The Hall–Kier alpha value is -0.880. The van der Waals surface area contributed by atoms with Crippen LogP contribution in [0.3, 0.4) is 0 Å². The predicted molar refractivity (Wildman–Crippen MR) is 47.0 cm³/mol. The zero-order valence-electron chi connectivity index (χ0n) is 7.32. The smallest absolute Gasteiger partial charge is 0.243 e. The highest BCUT2D eigenvalue weighted by molar-refractivity contribution is 7.85. The van der Waals surface area contributed by atoms with Gasteiger partial charge in [-0.3, -0.25) is 4.79 Å². The maximum absolute atomic E-state index is 10.7. The normalized spacial score (nSPS) is 13.4. The van der Waals surface area contributed by atoms with E-state index in [-0.39, 0.29) is 0 Å². The molecule has 0 radical (unpaired) electrons. The van der Waals surface area contributed by atoms with E-state index in [1.54, 1.807) is 6.92 Å². The lowest BCUT2D eigenvalue weighted by molar-refractivity contribution is -0.117. The molecule has 1 amide bonds. The Morgan fingerprint density at radius 3 is 2.54 bits per heavy atom. The summed E-state index contributed by atoms with van der Waals surface area (Å²) in [4.78, 5) is 10.7. The Kier molecular flexibility index (Phi) is 4.64. The number of amides is 1. The van der Waals surface area contributed by atoms with E-state index < -0.39 is 27.8 Å². The molecule has 0 saturated heterocycles. The molecule has 0 aliphatic carbocycles. The third kappa shape index (κ3) is 6.30. The summed E-state index contributed by atoms with van der Waals surface area (Å²) in [5.74, 6) is -1.06. The maximum atomic E-state index is 10.7. The van der Waals surface area contributed by atoms with Crippen LogP contribution in [0.2, 0.25) is 0 Å². The summed E-state index contributed by atoms with van der Waals surface area (Å²) >= 11 is 0. The van der Waals surface area contributed by atoms with Crippen LogP contribution in [0.5, 0.6) is 0 Å². The molecule has 0 aliphatic heterocycles. The van der Waals surface area contributed by atoms with Crippen molar-refractivity contribution in [1.29, 1.82) is 0 Å². The van der Waals surface area contributed by atoms with Crippen molar-refractivity contribution in [3.05, 3.63) is 12.7 Å². The van der Waals surface area contributed by atoms with Crippen molar-refractivity contribution in [2.75, 3.05) is 5.75 Å². The fraction of sp³-hybridized carbons (Fsp3) is 0.571. The largest absolute Gasteiger partial charge is 0.748 e. The van der Waals surface area contributed by atoms with Gasteiger partial charge in [-0.1, -0.05) is 13.5 Å². The van der Waals surface area contributed by atoms with E-state index in [4.69, 9.17) is 0 Å². The van der Waals surface area contributed by atoms with E-state index in [0.717, 1.165) is 6.08 Å².